The number of rotatable bonds is 1. The van der Waals surface area contributed by atoms with Gasteiger partial charge in [0, 0.05) is 0 Å². The number of hydrogen-bond acceptors (Lipinski definition) is 1. The minimum Gasteiger partial charge on any atom is -0.478 e. The third kappa shape index (κ3) is 1.22. The topological polar surface area (TPSA) is 9.23 Å². The van der Waals surface area contributed by atoms with Crippen LogP contribution in [0.5, 0.6) is 5.75 Å². The second-order valence-electron chi connectivity index (χ2n) is 5.84. The van der Waals surface area contributed by atoms with Gasteiger partial charge in [0.25, 0.3) is 0 Å². The quantitative estimate of drug-likeness (QED) is 0.693. The number of hydrogen-bond donors (Lipinski definition) is 0. The molecule has 1 aliphatic carbocycles. The maximum Gasteiger partial charge on any atom is 0.176 e. The van der Waals surface area contributed by atoms with E-state index in [0.717, 1.165) is 17.7 Å². The fraction of sp³-hybridized carbons (Fsp3) is 0.294. The predicted octanol–water partition coefficient (Wildman–Crippen LogP) is 4.71. The van der Waals surface area contributed by atoms with Crippen molar-refractivity contribution >= 4 is 23.2 Å². The molecule has 2 aliphatic rings. The summed E-state index contributed by atoms with van der Waals surface area (Å²) >= 11 is 13.4. The highest BCUT2D eigenvalue weighted by atomic mass is 35.5. The maximum absolute atomic E-state index is 6.68. The first-order valence-corrected chi connectivity index (χ1v) is 7.49. The van der Waals surface area contributed by atoms with Crippen molar-refractivity contribution < 1.29 is 4.74 Å². The van der Waals surface area contributed by atoms with Crippen LogP contribution < -0.4 is 4.74 Å². The fourth-order valence-electron chi connectivity index (χ4n) is 3.59. The summed E-state index contributed by atoms with van der Waals surface area (Å²) in [5, 5.41) is 0. The molecule has 0 spiro atoms. The molecule has 1 saturated carbocycles. The highest BCUT2D eigenvalue weighted by Crippen LogP contribution is 2.80. The lowest BCUT2D eigenvalue weighted by molar-refractivity contribution is 0.111. The van der Waals surface area contributed by atoms with Crippen LogP contribution in [0.2, 0.25) is 0 Å². The van der Waals surface area contributed by atoms with Crippen LogP contribution in [0, 0.1) is 5.41 Å². The van der Waals surface area contributed by atoms with Crippen LogP contribution in [-0.2, 0) is 12.0 Å². The van der Waals surface area contributed by atoms with E-state index in [4.69, 9.17) is 27.9 Å². The zero-order valence-electron chi connectivity index (χ0n) is 11.1. The molecule has 20 heavy (non-hydrogen) atoms. The number of para-hydroxylation sites is 1. The van der Waals surface area contributed by atoms with E-state index in [1.54, 1.807) is 0 Å². The van der Waals surface area contributed by atoms with Crippen molar-refractivity contribution in [2.75, 3.05) is 0 Å². The van der Waals surface area contributed by atoms with Gasteiger partial charge in [-0.25, -0.2) is 0 Å². The molecule has 2 aromatic rings. The Morgan fingerprint density at radius 2 is 1.60 bits per heavy atom. The SMILES string of the molecule is C[C@@]12Cc3ccccc3O[C@@]1(c1ccccc1)C2(Cl)Cl. The molecule has 0 unspecified atom stereocenters. The van der Waals surface area contributed by atoms with Crippen LogP contribution in [0.4, 0.5) is 0 Å². The van der Waals surface area contributed by atoms with Gasteiger partial charge in [0.2, 0.25) is 0 Å². The van der Waals surface area contributed by atoms with E-state index in [9.17, 15) is 0 Å². The van der Waals surface area contributed by atoms with Crippen LogP contribution >= 0.6 is 23.2 Å². The Kier molecular flexibility index (Phi) is 2.33. The monoisotopic (exact) mass is 304 g/mol. The molecule has 1 heterocycles. The zero-order valence-corrected chi connectivity index (χ0v) is 12.6. The highest BCUT2D eigenvalue weighted by Gasteiger charge is 2.88. The van der Waals surface area contributed by atoms with Crippen molar-refractivity contribution in [2.24, 2.45) is 5.41 Å². The molecule has 0 N–H and O–H groups in total. The van der Waals surface area contributed by atoms with Crippen LogP contribution in [0.3, 0.4) is 0 Å². The summed E-state index contributed by atoms with van der Waals surface area (Å²) < 4.78 is 5.42. The van der Waals surface area contributed by atoms with E-state index in [1.807, 2.05) is 48.5 Å². The molecule has 4 rings (SSSR count). The molecule has 0 radical (unpaired) electrons. The van der Waals surface area contributed by atoms with Crippen LogP contribution in [0.1, 0.15) is 18.1 Å². The summed E-state index contributed by atoms with van der Waals surface area (Å²) in [5.74, 6) is 0.886. The average molecular weight is 305 g/mol. The van der Waals surface area contributed by atoms with E-state index in [2.05, 4.69) is 13.0 Å². The van der Waals surface area contributed by atoms with Gasteiger partial charge in [-0.2, -0.15) is 0 Å². The summed E-state index contributed by atoms with van der Waals surface area (Å²) in [6.45, 7) is 2.11. The molecule has 2 atom stereocenters. The summed E-state index contributed by atoms with van der Waals surface area (Å²) in [5.41, 5.74) is 1.25. The lowest BCUT2D eigenvalue weighted by Gasteiger charge is -2.30. The standard InChI is InChI=1S/C17H14Cl2O/c1-15-11-12-7-5-6-10-14(12)20-16(15,17(15,18)19)13-8-3-2-4-9-13/h2-10H,11H2,1H3/t15-,16-/m1/s1. The Bertz CT molecular complexity index is 682. The van der Waals surface area contributed by atoms with Crippen molar-refractivity contribution in [3.63, 3.8) is 0 Å². The summed E-state index contributed by atoms with van der Waals surface area (Å²) in [6, 6.07) is 18.1. The third-order valence-electron chi connectivity index (χ3n) is 4.81. The lowest BCUT2D eigenvalue weighted by atomic mass is 9.88. The molecule has 0 amide bonds. The van der Waals surface area contributed by atoms with E-state index in [-0.39, 0.29) is 5.41 Å². The Labute approximate surface area is 128 Å². The van der Waals surface area contributed by atoms with Crippen molar-refractivity contribution in [3.8, 4) is 5.75 Å². The predicted molar refractivity (Wildman–Crippen MR) is 81.4 cm³/mol. The van der Waals surface area contributed by atoms with E-state index >= 15 is 0 Å². The van der Waals surface area contributed by atoms with E-state index < -0.39 is 9.93 Å². The Balaban J connectivity index is 1.92. The maximum atomic E-state index is 6.68. The van der Waals surface area contributed by atoms with Crippen LogP contribution in [-0.4, -0.2) is 4.33 Å². The number of ether oxygens (including phenoxy) is 1. The van der Waals surface area contributed by atoms with Gasteiger partial charge < -0.3 is 4.74 Å². The fourth-order valence-corrected chi connectivity index (χ4v) is 4.61. The number of alkyl halides is 2. The molecular weight excluding hydrogens is 291 g/mol. The number of fused-ring (bicyclic) bond motifs is 2. The van der Waals surface area contributed by atoms with E-state index in [1.165, 1.54) is 5.56 Å². The van der Waals surface area contributed by atoms with Gasteiger partial charge in [0.05, 0.1) is 5.41 Å². The lowest BCUT2D eigenvalue weighted by Crippen LogP contribution is -2.30. The van der Waals surface area contributed by atoms with Gasteiger partial charge in [0.15, 0.2) is 9.93 Å². The molecule has 0 saturated heterocycles. The molecule has 1 nitrogen and oxygen atoms in total. The van der Waals surface area contributed by atoms with Crippen LogP contribution in [0.25, 0.3) is 0 Å². The molecule has 2 aromatic carbocycles. The normalized spacial score (nSPS) is 32.8. The first kappa shape index (κ1) is 12.6. The first-order valence-electron chi connectivity index (χ1n) is 6.73. The van der Waals surface area contributed by atoms with Gasteiger partial charge in [-0.3, -0.25) is 0 Å². The van der Waals surface area contributed by atoms with Crippen LogP contribution in [0.15, 0.2) is 54.6 Å². The molecule has 3 heteroatoms. The molecule has 1 aliphatic heterocycles. The molecule has 0 aromatic heterocycles. The van der Waals surface area contributed by atoms with Crippen molar-refractivity contribution in [3.05, 3.63) is 65.7 Å². The molecular formula is C17H14Cl2O. The highest BCUT2D eigenvalue weighted by molar-refractivity contribution is 6.53. The van der Waals surface area contributed by atoms with Gasteiger partial charge in [-0.15, -0.1) is 0 Å². The van der Waals surface area contributed by atoms with Crippen molar-refractivity contribution in [1.29, 1.82) is 0 Å². The minimum absolute atomic E-state index is 0.307. The van der Waals surface area contributed by atoms with Crippen molar-refractivity contribution in [1.82, 2.24) is 0 Å². The Hall–Kier alpha value is -1.18. The second kappa shape index (κ2) is 3.72. The molecule has 1 fully saturated rings. The number of halogens is 2. The van der Waals surface area contributed by atoms with Gasteiger partial charge in [0.1, 0.15) is 5.75 Å². The summed E-state index contributed by atoms with van der Waals surface area (Å²) in [6.07, 6.45) is 0.824. The van der Waals surface area contributed by atoms with Crippen molar-refractivity contribution in [2.45, 2.75) is 23.3 Å². The second-order valence-corrected chi connectivity index (χ2v) is 7.17. The molecule has 0 bridgehead atoms. The minimum atomic E-state index is -0.916. The zero-order chi connectivity index (χ0) is 14.0. The first-order chi connectivity index (χ1) is 9.53. The smallest absolute Gasteiger partial charge is 0.176 e. The average Bonchev–Trinajstić information content (AvgIpc) is 2.86. The Morgan fingerprint density at radius 1 is 0.950 bits per heavy atom. The molecule has 102 valence electrons. The third-order valence-corrected chi connectivity index (χ3v) is 6.18. The Morgan fingerprint density at radius 3 is 2.35 bits per heavy atom. The summed E-state index contributed by atoms with van der Waals surface area (Å²) in [7, 11) is 0. The number of benzene rings is 2. The van der Waals surface area contributed by atoms with Gasteiger partial charge >= 0.3 is 0 Å². The van der Waals surface area contributed by atoms with E-state index in [0.29, 0.717) is 0 Å². The van der Waals surface area contributed by atoms with Gasteiger partial charge in [-0.05, 0) is 23.6 Å². The largest absolute Gasteiger partial charge is 0.478 e. The summed E-state index contributed by atoms with van der Waals surface area (Å²) in [4.78, 5) is 0. The van der Waals surface area contributed by atoms with Gasteiger partial charge in [-0.1, -0.05) is 78.7 Å².